The first kappa shape index (κ1) is 19.6. The van der Waals surface area contributed by atoms with Crippen LogP contribution in [-0.2, 0) is 17.6 Å². The summed E-state index contributed by atoms with van der Waals surface area (Å²) in [6.45, 7) is 0. The van der Waals surface area contributed by atoms with Gasteiger partial charge in [0, 0.05) is 12.1 Å². The third kappa shape index (κ3) is 5.23. The molecule has 152 valence electrons. The fourth-order valence-electron chi connectivity index (χ4n) is 3.26. The molecule has 0 aliphatic rings. The summed E-state index contributed by atoms with van der Waals surface area (Å²) in [7, 11) is 0. The number of benzene rings is 2. The number of carbonyl (C=O) groups is 1. The Bertz CT molecular complexity index is 1070. The van der Waals surface area contributed by atoms with Gasteiger partial charge in [-0.1, -0.05) is 53.7 Å². The normalized spacial score (nSPS) is 10.8. The monoisotopic (exact) mass is 401 g/mol. The molecule has 0 atom stereocenters. The lowest BCUT2D eigenvalue weighted by Crippen LogP contribution is -2.13. The van der Waals surface area contributed by atoms with Crippen molar-refractivity contribution in [3.63, 3.8) is 0 Å². The van der Waals surface area contributed by atoms with Gasteiger partial charge in [-0.05, 0) is 48.6 Å². The maximum atomic E-state index is 12.4. The molecule has 30 heavy (non-hydrogen) atoms. The van der Waals surface area contributed by atoms with Crippen molar-refractivity contribution in [3.05, 3.63) is 90.0 Å². The molecule has 0 spiro atoms. The first-order valence-corrected chi connectivity index (χ1v) is 10.1. The van der Waals surface area contributed by atoms with Crippen molar-refractivity contribution >= 4 is 11.6 Å². The number of para-hydroxylation sites is 1. The highest BCUT2D eigenvalue weighted by Gasteiger charge is 2.14. The molecule has 1 amide bonds. The van der Waals surface area contributed by atoms with Gasteiger partial charge in [0.25, 0.3) is 0 Å². The Morgan fingerprint density at radius 2 is 1.77 bits per heavy atom. The summed E-state index contributed by atoms with van der Waals surface area (Å²) in [5.74, 6) is 1.44. The molecule has 6 heteroatoms. The molecule has 0 saturated heterocycles. The highest BCUT2D eigenvalue weighted by Crippen LogP contribution is 2.21. The Morgan fingerprint density at radius 1 is 0.933 bits per heavy atom. The number of rotatable bonds is 9. The van der Waals surface area contributed by atoms with Crippen LogP contribution >= 0.6 is 0 Å². The number of aryl methyl sites for hydroxylation is 1. The summed E-state index contributed by atoms with van der Waals surface area (Å²) < 4.78 is 10.6. The second-order valence-electron chi connectivity index (χ2n) is 7.06. The molecule has 6 nitrogen and oxygen atoms in total. The van der Waals surface area contributed by atoms with Crippen LogP contribution in [0.25, 0.3) is 11.6 Å². The SMILES string of the molecule is O=C(CCCCc1ccccc1)Nc1ccccc1Cc1nc(-c2ccco2)no1. The second kappa shape index (κ2) is 9.69. The summed E-state index contributed by atoms with van der Waals surface area (Å²) >= 11 is 0. The van der Waals surface area contributed by atoms with Gasteiger partial charge >= 0.3 is 0 Å². The van der Waals surface area contributed by atoms with Crippen LogP contribution in [0.4, 0.5) is 5.69 Å². The zero-order valence-corrected chi connectivity index (χ0v) is 16.6. The maximum Gasteiger partial charge on any atom is 0.238 e. The Kier molecular flexibility index (Phi) is 6.35. The molecule has 2 heterocycles. The average Bonchev–Trinajstić information content (AvgIpc) is 3.45. The van der Waals surface area contributed by atoms with Crippen LogP contribution in [0, 0.1) is 0 Å². The van der Waals surface area contributed by atoms with E-state index in [4.69, 9.17) is 8.94 Å². The molecule has 1 N–H and O–H groups in total. The Labute approximate surface area is 174 Å². The van der Waals surface area contributed by atoms with Crippen LogP contribution in [0.1, 0.15) is 36.3 Å². The maximum absolute atomic E-state index is 12.4. The largest absolute Gasteiger partial charge is 0.461 e. The van der Waals surface area contributed by atoms with Crippen molar-refractivity contribution in [1.82, 2.24) is 10.1 Å². The lowest BCUT2D eigenvalue weighted by Gasteiger charge is -2.10. The van der Waals surface area contributed by atoms with Crippen molar-refractivity contribution in [2.24, 2.45) is 0 Å². The number of nitrogens with zero attached hydrogens (tertiary/aromatic N) is 2. The predicted octanol–water partition coefficient (Wildman–Crippen LogP) is 5.27. The molecular formula is C24H23N3O3. The third-order valence-electron chi connectivity index (χ3n) is 4.80. The van der Waals surface area contributed by atoms with Gasteiger partial charge in [-0.2, -0.15) is 4.98 Å². The molecule has 0 fully saturated rings. The van der Waals surface area contributed by atoms with Crippen molar-refractivity contribution < 1.29 is 13.7 Å². The van der Waals surface area contributed by atoms with Gasteiger partial charge in [-0.25, -0.2) is 0 Å². The van der Waals surface area contributed by atoms with E-state index in [2.05, 4.69) is 27.6 Å². The Balaban J connectivity index is 1.31. The van der Waals surface area contributed by atoms with E-state index in [1.54, 1.807) is 18.4 Å². The van der Waals surface area contributed by atoms with Crippen LogP contribution < -0.4 is 5.32 Å². The van der Waals surface area contributed by atoms with E-state index in [0.717, 1.165) is 30.5 Å². The summed E-state index contributed by atoms with van der Waals surface area (Å²) in [5, 5.41) is 6.97. The van der Waals surface area contributed by atoms with E-state index in [9.17, 15) is 4.79 Å². The molecule has 0 saturated carbocycles. The smallest absolute Gasteiger partial charge is 0.238 e. The lowest BCUT2D eigenvalue weighted by molar-refractivity contribution is -0.116. The van der Waals surface area contributed by atoms with E-state index < -0.39 is 0 Å². The van der Waals surface area contributed by atoms with E-state index in [1.165, 1.54) is 5.56 Å². The predicted molar refractivity (Wildman–Crippen MR) is 114 cm³/mol. The number of hydrogen-bond acceptors (Lipinski definition) is 5. The number of aromatic nitrogens is 2. The fourth-order valence-corrected chi connectivity index (χ4v) is 3.26. The van der Waals surface area contributed by atoms with Gasteiger partial charge < -0.3 is 14.3 Å². The van der Waals surface area contributed by atoms with Gasteiger partial charge in [0.1, 0.15) is 0 Å². The first-order chi connectivity index (χ1) is 14.8. The van der Waals surface area contributed by atoms with Gasteiger partial charge in [-0.15, -0.1) is 0 Å². The molecule has 4 rings (SSSR count). The third-order valence-corrected chi connectivity index (χ3v) is 4.80. The van der Waals surface area contributed by atoms with Crippen LogP contribution in [0.3, 0.4) is 0 Å². The number of anilines is 1. The quantitative estimate of drug-likeness (QED) is 0.386. The standard InChI is InChI=1S/C24H23N3O3/c28-22(15-7-4-11-18-9-2-1-3-10-18)25-20-13-6-5-12-19(20)17-23-26-24(27-30-23)21-14-8-16-29-21/h1-3,5-6,8-10,12-14,16H,4,7,11,15,17H2,(H,25,28). The number of hydrogen-bond donors (Lipinski definition) is 1. The molecule has 0 radical (unpaired) electrons. The van der Waals surface area contributed by atoms with Crippen molar-refractivity contribution in [1.29, 1.82) is 0 Å². The summed E-state index contributed by atoms with van der Waals surface area (Å²) in [6, 6.07) is 21.5. The summed E-state index contributed by atoms with van der Waals surface area (Å²) in [4.78, 5) is 16.8. The van der Waals surface area contributed by atoms with E-state index in [1.807, 2.05) is 42.5 Å². The van der Waals surface area contributed by atoms with Gasteiger partial charge in [0.05, 0.1) is 12.7 Å². The van der Waals surface area contributed by atoms with Crippen molar-refractivity contribution in [2.75, 3.05) is 5.32 Å². The zero-order valence-electron chi connectivity index (χ0n) is 16.6. The second-order valence-corrected chi connectivity index (χ2v) is 7.06. The van der Waals surface area contributed by atoms with Crippen LogP contribution in [0.5, 0.6) is 0 Å². The molecule has 0 bridgehead atoms. The van der Waals surface area contributed by atoms with E-state index >= 15 is 0 Å². The minimum Gasteiger partial charge on any atom is -0.461 e. The number of furan rings is 1. The van der Waals surface area contributed by atoms with E-state index in [0.29, 0.717) is 30.3 Å². The molecule has 0 unspecified atom stereocenters. The molecule has 4 aromatic rings. The fraction of sp³-hybridized carbons (Fsp3) is 0.208. The Morgan fingerprint density at radius 3 is 2.60 bits per heavy atom. The van der Waals surface area contributed by atoms with Crippen LogP contribution in [0.15, 0.2) is 81.9 Å². The number of unbranched alkanes of at least 4 members (excludes halogenated alkanes) is 1. The first-order valence-electron chi connectivity index (χ1n) is 10.1. The number of nitrogens with one attached hydrogen (secondary N) is 1. The number of carbonyl (C=O) groups excluding carboxylic acids is 1. The number of amides is 1. The van der Waals surface area contributed by atoms with Crippen molar-refractivity contribution in [2.45, 2.75) is 32.1 Å². The van der Waals surface area contributed by atoms with Crippen molar-refractivity contribution in [3.8, 4) is 11.6 Å². The molecule has 0 aliphatic carbocycles. The Hall–Kier alpha value is -3.67. The van der Waals surface area contributed by atoms with E-state index in [-0.39, 0.29) is 5.91 Å². The minimum atomic E-state index is 0.0114. The van der Waals surface area contributed by atoms with Crippen LogP contribution in [-0.4, -0.2) is 16.0 Å². The van der Waals surface area contributed by atoms with Gasteiger partial charge in [0.15, 0.2) is 5.76 Å². The minimum absolute atomic E-state index is 0.0114. The lowest BCUT2D eigenvalue weighted by atomic mass is 10.1. The van der Waals surface area contributed by atoms with Gasteiger partial charge in [-0.3, -0.25) is 4.79 Å². The molecule has 2 aromatic carbocycles. The zero-order chi connectivity index (χ0) is 20.6. The van der Waals surface area contributed by atoms with Crippen LogP contribution in [0.2, 0.25) is 0 Å². The summed E-state index contributed by atoms with van der Waals surface area (Å²) in [6.07, 6.45) is 5.30. The molecule has 2 aromatic heterocycles. The summed E-state index contributed by atoms with van der Waals surface area (Å²) in [5.41, 5.74) is 2.99. The topological polar surface area (TPSA) is 81.2 Å². The molecule has 0 aliphatic heterocycles. The van der Waals surface area contributed by atoms with Gasteiger partial charge in [0.2, 0.25) is 17.6 Å². The average molecular weight is 401 g/mol. The molecular weight excluding hydrogens is 378 g/mol. The highest BCUT2D eigenvalue weighted by molar-refractivity contribution is 5.91. The highest BCUT2D eigenvalue weighted by atomic mass is 16.5.